The van der Waals surface area contributed by atoms with Crippen LogP contribution in [0.1, 0.15) is 61.0 Å². The number of hydrogen-bond acceptors (Lipinski definition) is 6. The van der Waals surface area contributed by atoms with Crippen molar-refractivity contribution in [3.63, 3.8) is 0 Å². The molecule has 2 aromatic rings. The smallest absolute Gasteiger partial charge is 0.201 e. The van der Waals surface area contributed by atoms with Gasteiger partial charge in [-0.15, -0.1) is 0 Å². The van der Waals surface area contributed by atoms with Crippen LogP contribution >= 0.6 is 0 Å². The highest BCUT2D eigenvalue weighted by atomic mass is 16.5. The number of nitrogens with zero attached hydrogens (tertiary/aromatic N) is 2. The summed E-state index contributed by atoms with van der Waals surface area (Å²) in [6.07, 6.45) is 3.83. The topological polar surface area (TPSA) is 54.4 Å². The van der Waals surface area contributed by atoms with Crippen LogP contribution in [0.25, 0.3) is 0 Å². The van der Waals surface area contributed by atoms with Gasteiger partial charge in [-0.2, -0.15) is 0 Å². The van der Waals surface area contributed by atoms with E-state index in [-0.39, 0.29) is 11.8 Å². The second-order valence-corrected chi connectivity index (χ2v) is 8.94. The summed E-state index contributed by atoms with van der Waals surface area (Å²) >= 11 is 0. The molecule has 0 amide bonds. The van der Waals surface area contributed by atoms with Gasteiger partial charge in [-0.3, -0.25) is 9.80 Å². The highest BCUT2D eigenvalue weighted by Crippen LogP contribution is 2.51. The molecule has 0 fully saturated rings. The highest BCUT2D eigenvalue weighted by molar-refractivity contribution is 5.62. The normalized spacial score (nSPS) is 21.1. The van der Waals surface area contributed by atoms with Crippen LogP contribution in [0, 0.1) is 0 Å². The number of benzene rings is 2. The minimum atomic E-state index is 0.0453. The maximum absolute atomic E-state index is 11.1. The molecule has 0 spiro atoms. The first-order valence-electron chi connectivity index (χ1n) is 11.6. The third-order valence-electron chi connectivity index (χ3n) is 7.20. The molecule has 0 aliphatic carbocycles. The number of phenols is 1. The first kappa shape index (κ1) is 22.7. The Morgan fingerprint density at radius 1 is 0.844 bits per heavy atom. The zero-order chi connectivity index (χ0) is 23.0. The summed E-state index contributed by atoms with van der Waals surface area (Å²) in [6, 6.07) is 6.68. The first-order valence-corrected chi connectivity index (χ1v) is 11.6. The first-order chi connectivity index (χ1) is 15.4. The molecule has 2 heterocycles. The fraction of sp³-hybridized carbons (Fsp3) is 0.538. The molecule has 2 aliphatic heterocycles. The molecule has 2 unspecified atom stereocenters. The summed E-state index contributed by atoms with van der Waals surface area (Å²) in [5.74, 6) is 2.29. The van der Waals surface area contributed by atoms with Gasteiger partial charge in [-0.05, 0) is 74.7 Å². The van der Waals surface area contributed by atoms with Gasteiger partial charge in [0.15, 0.2) is 23.0 Å². The lowest BCUT2D eigenvalue weighted by atomic mass is 9.89. The van der Waals surface area contributed by atoms with Gasteiger partial charge < -0.3 is 19.3 Å². The molecule has 32 heavy (non-hydrogen) atoms. The molecular weight excluding hydrogens is 404 g/mol. The van der Waals surface area contributed by atoms with Gasteiger partial charge in [0.2, 0.25) is 5.75 Å². The van der Waals surface area contributed by atoms with Crippen molar-refractivity contribution in [2.24, 2.45) is 0 Å². The molecule has 0 saturated heterocycles. The molecule has 2 atom stereocenters. The largest absolute Gasteiger partial charge is 0.502 e. The summed E-state index contributed by atoms with van der Waals surface area (Å²) < 4.78 is 17.8. The Morgan fingerprint density at radius 3 is 2.06 bits per heavy atom. The standard InChI is InChI=1S/C26H36N2O4/c1-7-19-18-15-22(21(30-5)13-16(18)9-11-27(19)3)32-26-24-17(14-23(31-6)25(26)29)10-12-28(4)20(24)8-2/h13-15,19-20,29H,7-12H2,1-6H3. The molecule has 0 bridgehead atoms. The third kappa shape index (κ3) is 3.80. The minimum Gasteiger partial charge on any atom is -0.502 e. The van der Waals surface area contributed by atoms with Crippen molar-refractivity contribution in [2.75, 3.05) is 41.4 Å². The van der Waals surface area contributed by atoms with Crippen LogP contribution < -0.4 is 14.2 Å². The molecule has 2 aromatic carbocycles. The Kier molecular flexibility index (Phi) is 6.54. The van der Waals surface area contributed by atoms with Crippen LogP contribution in [0.3, 0.4) is 0 Å². The van der Waals surface area contributed by atoms with E-state index < -0.39 is 0 Å². The monoisotopic (exact) mass is 440 g/mol. The van der Waals surface area contributed by atoms with Gasteiger partial charge in [0.05, 0.1) is 14.2 Å². The van der Waals surface area contributed by atoms with E-state index in [4.69, 9.17) is 14.2 Å². The average molecular weight is 441 g/mol. The maximum Gasteiger partial charge on any atom is 0.201 e. The molecule has 4 rings (SSSR count). The fourth-order valence-corrected chi connectivity index (χ4v) is 5.42. The Labute approximate surface area is 191 Å². The van der Waals surface area contributed by atoms with Gasteiger partial charge >= 0.3 is 0 Å². The van der Waals surface area contributed by atoms with Crippen molar-refractivity contribution in [1.82, 2.24) is 9.80 Å². The molecule has 6 heteroatoms. The van der Waals surface area contributed by atoms with E-state index in [1.165, 1.54) is 16.7 Å². The summed E-state index contributed by atoms with van der Waals surface area (Å²) in [4.78, 5) is 4.72. The van der Waals surface area contributed by atoms with Crippen LogP contribution in [-0.2, 0) is 12.8 Å². The summed E-state index contributed by atoms with van der Waals surface area (Å²) in [5.41, 5.74) is 4.80. The van der Waals surface area contributed by atoms with Crippen LogP contribution in [0.2, 0.25) is 0 Å². The SMILES string of the molecule is CCC1c2cc(Oc3c(O)c(OC)cc4c3C(CC)N(C)CC4)c(OC)cc2CCN1C. The lowest BCUT2D eigenvalue weighted by Crippen LogP contribution is -2.32. The zero-order valence-electron chi connectivity index (χ0n) is 20.2. The molecule has 1 N–H and O–H groups in total. The second kappa shape index (κ2) is 9.20. The Hall–Kier alpha value is -2.44. The minimum absolute atomic E-state index is 0.0453. The number of methoxy groups -OCH3 is 2. The lowest BCUT2D eigenvalue weighted by Gasteiger charge is -2.36. The van der Waals surface area contributed by atoms with Gasteiger partial charge in [0.25, 0.3) is 0 Å². The van der Waals surface area contributed by atoms with E-state index in [1.54, 1.807) is 14.2 Å². The average Bonchev–Trinajstić information content (AvgIpc) is 2.80. The third-order valence-corrected chi connectivity index (χ3v) is 7.20. The Bertz CT molecular complexity index is 991. The van der Waals surface area contributed by atoms with Crippen molar-refractivity contribution in [3.05, 3.63) is 40.5 Å². The zero-order valence-corrected chi connectivity index (χ0v) is 20.2. The molecule has 0 saturated carbocycles. The lowest BCUT2D eigenvalue weighted by molar-refractivity contribution is 0.216. The number of ether oxygens (including phenoxy) is 3. The van der Waals surface area contributed by atoms with Crippen molar-refractivity contribution >= 4 is 0 Å². The van der Waals surface area contributed by atoms with Gasteiger partial charge in [0, 0.05) is 30.7 Å². The molecule has 0 aromatic heterocycles. The van der Waals surface area contributed by atoms with E-state index in [9.17, 15) is 5.11 Å². The maximum atomic E-state index is 11.1. The number of phenolic OH excluding ortho intramolecular Hbond substituents is 1. The molecular formula is C26H36N2O4. The summed E-state index contributed by atoms with van der Waals surface area (Å²) in [7, 11) is 7.56. The number of rotatable bonds is 6. The Morgan fingerprint density at radius 2 is 1.44 bits per heavy atom. The van der Waals surface area contributed by atoms with Gasteiger partial charge in [-0.25, -0.2) is 0 Å². The second-order valence-electron chi connectivity index (χ2n) is 8.94. The fourth-order valence-electron chi connectivity index (χ4n) is 5.42. The van der Waals surface area contributed by atoms with Crippen molar-refractivity contribution in [1.29, 1.82) is 0 Å². The van der Waals surface area contributed by atoms with Crippen LogP contribution in [0.5, 0.6) is 28.7 Å². The number of fused-ring (bicyclic) bond motifs is 2. The summed E-state index contributed by atoms with van der Waals surface area (Å²) in [6.45, 7) is 6.38. The molecule has 2 aliphatic rings. The van der Waals surface area contributed by atoms with Gasteiger partial charge in [0.1, 0.15) is 0 Å². The van der Waals surface area contributed by atoms with Crippen LogP contribution in [0.15, 0.2) is 18.2 Å². The van der Waals surface area contributed by atoms with E-state index >= 15 is 0 Å². The van der Waals surface area contributed by atoms with E-state index in [0.717, 1.165) is 44.3 Å². The van der Waals surface area contributed by atoms with Gasteiger partial charge in [-0.1, -0.05) is 13.8 Å². The van der Waals surface area contributed by atoms with Crippen molar-refractivity contribution in [2.45, 2.75) is 51.6 Å². The van der Waals surface area contributed by atoms with Crippen molar-refractivity contribution < 1.29 is 19.3 Å². The van der Waals surface area contributed by atoms with Crippen molar-refractivity contribution in [3.8, 4) is 28.7 Å². The highest BCUT2D eigenvalue weighted by Gasteiger charge is 2.32. The number of hydrogen-bond donors (Lipinski definition) is 1. The number of aromatic hydroxyl groups is 1. The predicted molar refractivity (Wildman–Crippen MR) is 126 cm³/mol. The molecule has 6 nitrogen and oxygen atoms in total. The quantitative estimate of drug-likeness (QED) is 0.676. The Balaban J connectivity index is 1.87. The summed E-state index contributed by atoms with van der Waals surface area (Å²) in [5, 5.41) is 11.1. The molecule has 0 radical (unpaired) electrons. The van der Waals surface area contributed by atoms with Crippen LogP contribution in [-0.4, -0.2) is 56.3 Å². The van der Waals surface area contributed by atoms with E-state index in [2.05, 4.69) is 49.9 Å². The van der Waals surface area contributed by atoms with Crippen LogP contribution in [0.4, 0.5) is 0 Å². The molecule has 174 valence electrons. The number of likely N-dealkylation sites (N-methyl/N-ethyl adjacent to an activating group) is 2. The van der Waals surface area contributed by atoms with E-state index in [0.29, 0.717) is 29.0 Å². The van der Waals surface area contributed by atoms with E-state index in [1.807, 2.05) is 6.07 Å². The predicted octanol–water partition coefficient (Wildman–Crippen LogP) is 5.08.